The van der Waals surface area contributed by atoms with Gasteiger partial charge in [-0.15, -0.1) is 0 Å². The van der Waals surface area contributed by atoms with E-state index in [0.717, 1.165) is 18.4 Å². The number of fused-ring (bicyclic) bond motifs is 1. The average molecular weight is 278 g/mol. The van der Waals surface area contributed by atoms with Crippen molar-refractivity contribution in [1.82, 2.24) is 0 Å². The minimum absolute atomic E-state index is 0.0375. The van der Waals surface area contributed by atoms with Crippen LogP contribution in [0.4, 0.5) is 11.4 Å². The molecule has 0 heterocycles. The van der Waals surface area contributed by atoms with Crippen molar-refractivity contribution in [1.29, 1.82) is 0 Å². The Morgan fingerprint density at radius 1 is 1.25 bits per heavy atom. The Balaban J connectivity index is 2.86. The summed E-state index contributed by atoms with van der Waals surface area (Å²) in [4.78, 5) is 21.7. The van der Waals surface area contributed by atoms with Crippen LogP contribution in [0, 0.1) is 20.2 Å². The van der Waals surface area contributed by atoms with Crippen LogP contribution in [0.3, 0.4) is 0 Å². The summed E-state index contributed by atoms with van der Waals surface area (Å²) < 4.78 is 0. The third kappa shape index (κ3) is 2.15. The first-order chi connectivity index (χ1) is 9.29. The van der Waals surface area contributed by atoms with Crippen molar-refractivity contribution in [3.63, 3.8) is 0 Å². The molecule has 0 amide bonds. The van der Waals surface area contributed by atoms with Gasteiger partial charge in [-0.25, -0.2) is 0 Å². The van der Waals surface area contributed by atoms with Crippen molar-refractivity contribution in [2.75, 3.05) is 0 Å². The molecule has 0 bridgehead atoms. The molecule has 0 N–H and O–H groups in total. The summed E-state index contributed by atoms with van der Waals surface area (Å²) in [6.07, 6.45) is 2.68. The lowest BCUT2D eigenvalue weighted by Crippen LogP contribution is -2.25. The first-order valence-corrected chi connectivity index (χ1v) is 6.77. The highest BCUT2D eigenvalue weighted by molar-refractivity contribution is 5.63. The Morgan fingerprint density at radius 2 is 1.90 bits per heavy atom. The molecule has 1 aromatic rings. The van der Waals surface area contributed by atoms with Crippen molar-refractivity contribution in [3.05, 3.63) is 43.0 Å². The lowest BCUT2D eigenvalue weighted by Gasteiger charge is -2.32. The van der Waals surface area contributed by atoms with Crippen LogP contribution in [0.2, 0.25) is 0 Å². The molecule has 0 atom stereocenters. The fourth-order valence-corrected chi connectivity index (χ4v) is 3.17. The second-order valence-electron chi connectivity index (χ2n) is 5.85. The normalized spacial score (nSPS) is 16.6. The molecule has 1 aromatic carbocycles. The Labute approximate surface area is 117 Å². The maximum absolute atomic E-state index is 11.4. The van der Waals surface area contributed by atoms with Gasteiger partial charge in [0.1, 0.15) is 5.56 Å². The topological polar surface area (TPSA) is 86.3 Å². The smallest absolute Gasteiger partial charge is 0.258 e. The summed E-state index contributed by atoms with van der Waals surface area (Å²) in [6, 6.07) is 1.56. The van der Waals surface area contributed by atoms with Gasteiger partial charge in [0.25, 0.3) is 11.4 Å². The summed E-state index contributed by atoms with van der Waals surface area (Å²) in [5.41, 5.74) is 1.29. The summed E-state index contributed by atoms with van der Waals surface area (Å²) in [6.45, 7) is 5.70. The lowest BCUT2D eigenvalue weighted by atomic mass is 9.71. The van der Waals surface area contributed by atoms with E-state index in [9.17, 15) is 20.2 Å². The van der Waals surface area contributed by atoms with Crippen LogP contribution in [0.25, 0.3) is 0 Å². The van der Waals surface area contributed by atoms with Gasteiger partial charge in [0, 0.05) is 11.6 Å². The number of nitro groups is 2. The van der Waals surface area contributed by atoms with Crippen molar-refractivity contribution in [3.8, 4) is 0 Å². The molecule has 0 saturated carbocycles. The molecule has 0 radical (unpaired) electrons. The van der Waals surface area contributed by atoms with E-state index in [4.69, 9.17) is 0 Å². The molecule has 6 heteroatoms. The quantitative estimate of drug-likeness (QED) is 0.623. The van der Waals surface area contributed by atoms with Crippen LogP contribution in [-0.2, 0) is 18.3 Å². The molecular formula is C14H18N2O4. The van der Waals surface area contributed by atoms with Gasteiger partial charge in [-0.2, -0.15) is 0 Å². The Kier molecular flexibility index (Phi) is 3.50. The zero-order chi connectivity index (χ0) is 15.1. The van der Waals surface area contributed by atoms with Gasteiger partial charge in [-0.05, 0) is 36.7 Å². The van der Waals surface area contributed by atoms with E-state index >= 15 is 0 Å². The number of rotatable bonds is 3. The van der Waals surface area contributed by atoms with Crippen LogP contribution in [0.1, 0.15) is 50.3 Å². The highest BCUT2D eigenvalue weighted by atomic mass is 16.6. The summed E-state index contributed by atoms with van der Waals surface area (Å²) in [5.74, 6) is 0. The number of benzene rings is 1. The minimum Gasteiger partial charge on any atom is -0.258 e. The van der Waals surface area contributed by atoms with E-state index in [1.165, 1.54) is 0 Å². The zero-order valence-corrected chi connectivity index (χ0v) is 11.9. The van der Waals surface area contributed by atoms with Gasteiger partial charge in [0.05, 0.1) is 9.85 Å². The molecule has 0 spiro atoms. The first-order valence-electron chi connectivity index (χ1n) is 6.77. The standard InChI is InChI=1S/C14H18N2O4/c1-4-9-12(15(17)18)8-11-10(13(9)16(19)20)6-5-7-14(11,2)3/h8H,4-7H2,1-3H3. The zero-order valence-electron chi connectivity index (χ0n) is 11.9. The molecular weight excluding hydrogens is 260 g/mol. The van der Waals surface area contributed by atoms with E-state index in [0.29, 0.717) is 18.4 Å². The molecule has 0 aliphatic heterocycles. The van der Waals surface area contributed by atoms with Crippen molar-refractivity contribution < 1.29 is 9.85 Å². The Morgan fingerprint density at radius 3 is 2.40 bits per heavy atom. The third-order valence-corrected chi connectivity index (χ3v) is 4.18. The van der Waals surface area contributed by atoms with Crippen LogP contribution < -0.4 is 0 Å². The minimum atomic E-state index is -0.503. The van der Waals surface area contributed by atoms with E-state index in [2.05, 4.69) is 0 Å². The third-order valence-electron chi connectivity index (χ3n) is 4.18. The summed E-state index contributed by atoms with van der Waals surface area (Å²) in [7, 11) is 0. The SMILES string of the molecule is CCc1c([N+](=O)[O-])cc2c(c1[N+](=O)[O-])CCCC2(C)C. The monoisotopic (exact) mass is 278 g/mol. The van der Waals surface area contributed by atoms with E-state index in [1.807, 2.05) is 13.8 Å². The molecule has 0 fully saturated rings. The van der Waals surface area contributed by atoms with Crippen LogP contribution in [0.5, 0.6) is 0 Å². The van der Waals surface area contributed by atoms with E-state index < -0.39 is 9.85 Å². The Bertz CT molecular complexity index is 593. The van der Waals surface area contributed by atoms with Gasteiger partial charge in [-0.3, -0.25) is 20.2 Å². The second-order valence-corrected chi connectivity index (χ2v) is 5.85. The molecule has 6 nitrogen and oxygen atoms in total. The van der Waals surface area contributed by atoms with Gasteiger partial charge >= 0.3 is 0 Å². The fraction of sp³-hybridized carbons (Fsp3) is 0.571. The molecule has 20 heavy (non-hydrogen) atoms. The van der Waals surface area contributed by atoms with E-state index in [1.54, 1.807) is 13.0 Å². The average Bonchev–Trinajstić information content (AvgIpc) is 2.35. The predicted octanol–water partition coefficient (Wildman–Crippen LogP) is 3.68. The number of nitrogens with zero attached hydrogens (tertiary/aromatic N) is 2. The molecule has 0 saturated heterocycles. The second kappa shape index (κ2) is 4.85. The van der Waals surface area contributed by atoms with E-state index in [-0.39, 0.29) is 22.4 Å². The largest absolute Gasteiger partial charge is 0.282 e. The molecule has 0 unspecified atom stereocenters. The molecule has 1 aliphatic rings. The number of hydrogen-bond acceptors (Lipinski definition) is 4. The highest BCUT2D eigenvalue weighted by Crippen LogP contribution is 2.45. The maximum atomic E-state index is 11.4. The number of hydrogen-bond donors (Lipinski definition) is 0. The number of nitro benzene ring substituents is 2. The van der Waals surface area contributed by atoms with Crippen LogP contribution >= 0.6 is 0 Å². The van der Waals surface area contributed by atoms with Crippen molar-refractivity contribution >= 4 is 11.4 Å². The lowest BCUT2D eigenvalue weighted by molar-refractivity contribution is -0.396. The molecule has 2 rings (SSSR count). The highest BCUT2D eigenvalue weighted by Gasteiger charge is 2.37. The fourth-order valence-electron chi connectivity index (χ4n) is 3.17. The van der Waals surface area contributed by atoms with Gasteiger partial charge in [-0.1, -0.05) is 20.8 Å². The van der Waals surface area contributed by atoms with Gasteiger partial charge in [0.2, 0.25) is 0 Å². The summed E-state index contributed by atoms with van der Waals surface area (Å²) >= 11 is 0. The molecule has 108 valence electrons. The van der Waals surface area contributed by atoms with Gasteiger partial charge in [0.15, 0.2) is 0 Å². The predicted molar refractivity (Wildman–Crippen MR) is 75.1 cm³/mol. The van der Waals surface area contributed by atoms with Crippen molar-refractivity contribution in [2.45, 2.75) is 51.9 Å². The summed E-state index contributed by atoms with van der Waals surface area (Å²) in [5, 5.41) is 22.7. The van der Waals surface area contributed by atoms with Crippen molar-refractivity contribution in [2.24, 2.45) is 0 Å². The maximum Gasteiger partial charge on any atom is 0.282 e. The van der Waals surface area contributed by atoms with Crippen LogP contribution in [0.15, 0.2) is 6.07 Å². The Hall–Kier alpha value is -1.98. The van der Waals surface area contributed by atoms with Gasteiger partial charge < -0.3 is 0 Å². The van der Waals surface area contributed by atoms with Crippen LogP contribution in [-0.4, -0.2) is 9.85 Å². The molecule has 0 aromatic heterocycles. The molecule has 1 aliphatic carbocycles. The first kappa shape index (κ1) is 14.4.